The highest BCUT2D eigenvalue weighted by molar-refractivity contribution is 6.01. The van der Waals surface area contributed by atoms with Crippen LogP contribution in [0.3, 0.4) is 0 Å². The molecule has 0 saturated carbocycles. The second kappa shape index (κ2) is 3.57. The quantitative estimate of drug-likeness (QED) is 0.562. The van der Waals surface area contributed by atoms with Gasteiger partial charge in [-0.3, -0.25) is 4.99 Å². The molecule has 4 rings (SSSR count). The molecule has 0 saturated heterocycles. The van der Waals surface area contributed by atoms with Crippen LogP contribution in [0.25, 0.3) is 22.0 Å². The minimum atomic E-state index is 0.693. The summed E-state index contributed by atoms with van der Waals surface area (Å²) in [6.07, 6.45) is 4.15. The Kier molecular flexibility index (Phi) is 1.92. The van der Waals surface area contributed by atoms with Gasteiger partial charge in [0.2, 0.25) is 0 Å². The Bertz CT molecular complexity index is 766. The summed E-state index contributed by atoms with van der Waals surface area (Å²) in [5, 5.41) is 2.58. The summed E-state index contributed by atoms with van der Waals surface area (Å²) >= 11 is 0. The van der Waals surface area contributed by atoms with Gasteiger partial charge in [-0.25, -0.2) is 0 Å². The molecule has 2 aromatic carbocycles. The van der Waals surface area contributed by atoms with Gasteiger partial charge in [-0.1, -0.05) is 48.5 Å². The molecule has 0 radical (unpaired) electrons. The van der Waals surface area contributed by atoms with E-state index in [-0.39, 0.29) is 0 Å². The lowest BCUT2D eigenvalue weighted by atomic mass is 10.0. The Morgan fingerprint density at radius 1 is 0.944 bits per heavy atom. The van der Waals surface area contributed by atoms with Gasteiger partial charge in [0.25, 0.3) is 0 Å². The van der Waals surface area contributed by atoms with Gasteiger partial charge < -0.3 is 4.57 Å². The fraction of sp³-hybridized carbons (Fsp3) is 0.0625. The van der Waals surface area contributed by atoms with Crippen molar-refractivity contribution in [3.05, 3.63) is 60.3 Å². The first kappa shape index (κ1) is 9.66. The van der Waals surface area contributed by atoms with Crippen molar-refractivity contribution in [2.24, 2.45) is 4.99 Å². The van der Waals surface area contributed by atoms with Gasteiger partial charge in [0.05, 0.1) is 5.69 Å². The summed E-state index contributed by atoms with van der Waals surface area (Å²) in [7, 11) is 0. The van der Waals surface area contributed by atoms with Crippen LogP contribution in [0.5, 0.6) is 0 Å². The molecule has 0 fully saturated rings. The van der Waals surface area contributed by atoms with E-state index in [9.17, 15) is 0 Å². The van der Waals surface area contributed by atoms with Crippen LogP contribution in [-0.4, -0.2) is 10.8 Å². The van der Waals surface area contributed by atoms with Crippen molar-refractivity contribution in [1.82, 2.24) is 4.57 Å². The average Bonchev–Trinajstić information content (AvgIpc) is 2.68. The van der Waals surface area contributed by atoms with E-state index >= 15 is 0 Å². The van der Waals surface area contributed by atoms with Crippen LogP contribution in [0.1, 0.15) is 5.56 Å². The molecule has 0 bridgehead atoms. The number of aromatic nitrogens is 1. The predicted molar refractivity (Wildman–Crippen MR) is 75.0 cm³/mol. The highest BCUT2D eigenvalue weighted by Gasteiger charge is 2.14. The Hall–Kier alpha value is -2.35. The third-order valence-corrected chi connectivity index (χ3v) is 3.48. The number of hydrogen-bond donors (Lipinski definition) is 0. The standard InChI is InChI=1S/C16H12N2/c1-3-7-14-12(5-1)9-17-11-18-10-13-6-2-4-8-15(13)16(14)18/h1-10H,11H2. The summed E-state index contributed by atoms with van der Waals surface area (Å²) < 4.78 is 2.23. The third-order valence-electron chi connectivity index (χ3n) is 3.48. The normalized spacial score (nSPS) is 13.1. The second-order valence-corrected chi connectivity index (χ2v) is 4.58. The van der Waals surface area contributed by atoms with Crippen molar-refractivity contribution in [3.63, 3.8) is 0 Å². The topological polar surface area (TPSA) is 17.3 Å². The van der Waals surface area contributed by atoms with E-state index in [0.29, 0.717) is 6.67 Å². The predicted octanol–water partition coefficient (Wildman–Crippen LogP) is 3.70. The highest BCUT2D eigenvalue weighted by atomic mass is 15.1. The first-order valence-corrected chi connectivity index (χ1v) is 6.10. The highest BCUT2D eigenvalue weighted by Crippen LogP contribution is 2.33. The molecule has 2 heteroatoms. The summed E-state index contributed by atoms with van der Waals surface area (Å²) in [4.78, 5) is 4.49. The molecule has 0 amide bonds. The molecule has 1 aliphatic rings. The van der Waals surface area contributed by atoms with E-state index in [2.05, 4.69) is 64.3 Å². The lowest BCUT2D eigenvalue weighted by molar-refractivity contribution is 0.757. The van der Waals surface area contributed by atoms with Gasteiger partial charge in [-0.15, -0.1) is 0 Å². The number of nitrogens with zero attached hydrogens (tertiary/aromatic N) is 2. The summed E-state index contributed by atoms with van der Waals surface area (Å²) in [6.45, 7) is 0.693. The zero-order valence-corrected chi connectivity index (χ0v) is 9.88. The van der Waals surface area contributed by atoms with E-state index in [1.54, 1.807) is 0 Å². The van der Waals surface area contributed by atoms with E-state index in [4.69, 9.17) is 0 Å². The first-order valence-electron chi connectivity index (χ1n) is 6.10. The number of fused-ring (bicyclic) bond motifs is 5. The fourth-order valence-electron chi connectivity index (χ4n) is 2.68. The van der Waals surface area contributed by atoms with Gasteiger partial charge in [0.1, 0.15) is 6.67 Å². The number of aliphatic imine (C=N–C) groups is 1. The SMILES string of the molecule is C1=NCn2cc3ccccc3c2-c2ccccc21. The maximum absolute atomic E-state index is 4.49. The lowest BCUT2D eigenvalue weighted by Crippen LogP contribution is -1.94. The summed E-state index contributed by atoms with van der Waals surface area (Å²) in [5.74, 6) is 0. The summed E-state index contributed by atoms with van der Waals surface area (Å²) in [5.41, 5.74) is 3.73. The molecule has 1 aromatic heterocycles. The first-order chi connectivity index (χ1) is 8.93. The van der Waals surface area contributed by atoms with Gasteiger partial charge >= 0.3 is 0 Å². The van der Waals surface area contributed by atoms with Crippen LogP contribution in [-0.2, 0) is 6.67 Å². The Morgan fingerprint density at radius 3 is 2.78 bits per heavy atom. The fourth-order valence-corrected chi connectivity index (χ4v) is 2.68. The van der Waals surface area contributed by atoms with E-state index in [1.165, 1.54) is 27.6 Å². The molecule has 2 nitrogen and oxygen atoms in total. The van der Waals surface area contributed by atoms with Crippen molar-refractivity contribution >= 4 is 17.0 Å². The van der Waals surface area contributed by atoms with E-state index < -0.39 is 0 Å². The molecule has 1 aliphatic heterocycles. The molecule has 0 unspecified atom stereocenters. The lowest BCUT2D eigenvalue weighted by Gasteiger charge is -2.06. The van der Waals surface area contributed by atoms with Crippen molar-refractivity contribution in [3.8, 4) is 11.3 Å². The van der Waals surface area contributed by atoms with Crippen molar-refractivity contribution in [2.75, 3.05) is 0 Å². The molecule has 2 heterocycles. The maximum Gasteiger partial charge on any atom is 0.114 e. The molecule has 0 atom stereocenters. The molecular formula is C16H12N2. The van der Waals surface area contributed by atoms with Crippen molar-refractivity contribution in [1.29, 1.82) is 0 Å². The minimum Gasteiger partial charge on any atom is -0.326 e. The number of rotatable bonds is 0. The van der Waals surface area contributed by atoms with Gasteiger partial charge in [0.15, 0.2) is 0 Å². The van der Waals surface area contributed by atoms with E-state index in [1.807, 2.05) is 6.21 Å². The minimum absolute atomic E-state index is 0.693. The Morgan fingerprint density at radius 2 is 1.78 bits per heavy atom. The van der Waals surface area contributed by atoms with Gasteiger partial charge in [-0.2, -0.15) is 0 Å². The molecule has 0 spiro atoms. The van der Waals surface area contributed by atoms with Crippen LogP contribution in [0.2, 0.25) is 0 Å². The van der Waals surface area contributed by atoms with E-state index in [0.717, 1.165) is 0 Å². The third kappa shape index (κ3) is 1.26. The molecule has 0 N–H and O–H groups in total. The molecule has 86 valence electrons. The van der Waals surface area contributed by atoms with Gasteiger partial charge in [-0.05, 0) is 0 Å². The number of hydrogen-bond acceptors (Lipinski definition) is 1. The zero-order valence-electron chi connectivity index (χ0n) is 9.88. The van der Waals surface area contributed by atoms with Gasteiger partial charge in [0, 0.05) is 34.3 Å². The Labute approximate surface area is 105 Å². The molecule has 18 heavy (non-hydrogen) atoms. The van der Waals surface area contributed by atoms with Crippen LogP contribution in [0, 0.1) is 0 Å². The maximum atomic E-state index is 4.49. The number of benzene rings is 2. The van der Waals surface area contributed by atoms with Crippen LogP contribution in [0.15, 0.2) is 59.7 Å². The zero-order chi connectivity index (χ0) is 11.9. The Balaban J connectivity index is 2.16. The molecule has 3 aromatic rings. The second-order valence-electron chi connectivity index (χ2n) is 4.58. The van der Waals surface area contributed by atoms with Crippen LogP contribution in [0.4, 0.5) is 0 Å². The average molecular weight is 232 g/mol. The smallest absolute Gasteiger partial charge is 0.114 e. The van der Waals surface area contributed by atoms with Crippen LogP contribution < -0.4 is 0 Å². The van der Waals surface area contributed by atoms with Crippen molar-refractivity contribution in [2.45, 2.75) is 6.67 Å². The largest absolute Gasteiger partial charge is 0.326 e. The molecule has 0 aliphatic carbocycles. The summed E-state index contributed by atoms with van der Waals surface area (Å²) in [6, 6.07) is 17.0. The molecular weight excluding hydrogens is 220 g/mol. The van der Waals surface area contributed by atoms with Crippen LogP contribution >= 0.6 is 0 Å². The monoisotopic (exact) mass is 232 g/mol. The van der Waals surface area contributed by atoms with Crippen molar-refractivity contribution < 1.29 is 0 Å².